The van der Waals surface area contributed by atoms with Crippen LogP contribution in [-0.4, -0.2) is 26.5 Å². The monoisotopic (exact) mass is 391 g/mol. The Hall–Kier alpha value is -3.28. The first-order valence-corrected chi connectivity index (χ1v) is 9.46. The zero-order valence-corrected chi connectivity index (χ0v) is 17.7. The summed E-state index contributed by atoms with van der Waals surface area (Å²) in [6.45, 7) is 11.3. The molecular weight excluding hydrogens is 366 g/mol. The Morgan fingerprint density at radius 3 is 2.31 bits per heavy atom. The van der Waals surface area contributed by atoms with Crippen LogP contribution in [0.25, 0.3) is 5.82 Å². The van der Waals surface area contributed by atoms with E-state index in [-0.39, 0.29) is 12.4 Å². The minimum absolute atomic E-state index is 0.0107. The minimum Gasteiger partial charge on any atom is -0.457 e. The van der Waals surface area contributed by atoms with Crippen LogP contribution in [0.3, 0.4) is 0 Å². The molecule has 0 saturated carbocycles. The van der Waals surface area contributed by atoms with Gasteiger partial charge in [-0.05, 0) is 82.0 Å². The van der Waals surface area contributed by atoms with Crippen molar-refractivity contribution in [3.8, 4) is 5.82 Å². The van der Waals surface area contributed by atoms with E-state index in [2.05, 4.69) is 10.1 Å². The molecule has 6 heteroatoms. The summed E-state index contributed by atoms with van der Waals surface area (Å²) in [5.74, 6) is 0.196. The molecule has 2 heterocycles. The molecule has 6 nitrogen and oxygen atoms in total. The number of carbonyl (C=O) groups excluding carboxylic acids is 2. The second-order valence-corrected chi connectivity index (χ2v) is 7.37. The average Bonchev–Trinajstić information content (AvgIpc) is 2.99. The first kappa shape index (κ1) is 20.5. The van der Waals surface area contributed by atoms with E-state index in [1.807, 2.05) is 46.8 Å². The molecule has 3 aromatic rings. The predicted molar refractivity (Wildman–Crippen MR) is 111 cm³/mol. The molecule has 0 atom stereocenters. The van der Waals surface area contributed by atoms with Crippen LogP contribution in [0.4, 0.5) is 0 Å². The third-order valence-corrected chi connectivity index (χ3v) is 5.04. The number of pyridine rings is 1. The van der Waals surface area contributed by atoms with Crippen molar-refractivity contribution in [2.75, 3.05) is 0 Å². The van der Waals surface area contributed by atoms with Gasteiger partial charge in [0.05, 0.1) is 11.3 Å². The number of ketones is 1. The van der Waals surface area contributed by atoms with Crippen LogP contribution in [0.2, 0.25) is 0 Å². The fourth-order valence-corrected chi connectivity index (χ4v) is 3.70. The van der Waals surface area contributed by atoms with E-state index >= 15 is 0 Å². The standard InChI is InChI=1S/C23H25N3O3/c1-13-9-14(2)22(18(6)27)17(5)20(13)12-29-23(28)19-7-8-21(24-11-19)26-16(4)10-15(3)25-26/h7-11H,12H2,1-6H3. The predicted octanol–water partition coefficient (Wildman–Crippen LogP) is 4.37. The molecular formula is C23H25N3O3. The number of nitrogens with zero attached hydrogens (tertiary/aromatic N) is 3. The molecule has 0 bridgehead atoms. The van der Waals surface area contributed by atoms with E-state index < -0.39 is 5.97 Å². The van der Waals surface area contributed by atoms with Crippen molar-refractivity contribution in [3.63, 3.8) is 0 Å². The van der Waals surface area contributed by atoms with Gasteiger partial charge in [-0.25, -0.2) is 14.5 Å². The van der Waals surface area contributed by atoms with Gasteiger partial charge in [0.1, 0.15) is 6.61 Å². The van der Waals surface area contributed by atoms with E-state index in [1.54, 1.807) is 23.7 Å². The Morgan fingerprint density at radius 1 is 1.03 bits per heavy atom. The Kier molecular flexibility index (Phi) is 5.64. The van der Waals surface area contributed by atoms with Crippen molar-refractivity contribution in [1.29, 1.82) is 0 Å². The summed E-state index contributed by atoms with van der Waals surface area (Å²) < 4.78 is 7.24. The number of ether oxygens (including phenoxy) is 1. The normalized spacial score (nSPS) is 10.8. The second-order valence-electron chi connectivity index (χ2n) is 7.37. The van der Waals surface area contributed by atoms with Gasteiger partial charge in [0, 0.05) is 17.5 Å². The Balaban J connectivity index is 1.77. The van der Waals surface area contributed by atoms with Crippen LogP contribution in [0.15, 0.2) is 30.5 Å². The molecule has 0 spiro atoms. The summed E-state index contributed by atoms with van der Waals surface area (Å²) in [4.78, 5) is 28.8. The maximum absolute atomic E-state index is 12.5. The molecule has 0 amide bonds. The van der Waals surface area contributed by atoms with Crippen LogP contribution in [0.1, 0.15) is 61.3 Å². The summed E-state index contributed by atoms with van der Waals surface area (Å²) in [5.41, 5.74) is 6.59. The van der Waals surface area contributed by atoms with Crippen molar-refractivity contribution in [2.24, 2.45) is 0 Å². The van der Waals surface area contributed by atoms with E-state index in [4.69, 9.17) is 4.74 Å². The molecule has 0 unspecified atom stereocenters. The van der Waals surface area contributed by atoms with Crippen LogP contribution < -0.4 is 0 Å². The van der Waals surface area contributed by atoms with Crippen LogP contribution in [-0.2, 0) is 11.3 Å². The van der Waals surface area contributed by atoms with Gasteiger partial charge < -0.3 is 4.74 Å². The number of esters is 1. The quantitative estimate of drug-likeness (QED) is 0.477. The molecule has 0 aliphatic heterocycles. The average molecular weight is 391 g/mol. The van der Waals surface area contributed by atoms with Crippen LogP contribution in [0, 0.1) is 34.6 Å². The van der Waals surface area contributed by atoms with Crippen LogP contribution >= 0.6 is 0 Å². The Bertz CT molecular complexity index is 1100. The highest BCUT2D eigenvalue weighted by Gasteiger charge is 2.16. The minimum atomic E-state index is -0.457. The first-order chi connectivity index (χ1) is 13.7. The van der Waals surface area contributed by atoms with Crippen molar-refractivity contribution in [3.05, 3.63) is 75.2 Å². The maximum Gasteiger partial charge on any atom is 0.340 e. The van der Waals surface area contributed by atoms with Gasteiger partial charge in [-0.15, -0.1) is 0 Å². The van der Waals surface area contributed by atoms with Crippen LogP contribution in [0.5, 0.6) is 0 Å². The molecule has 150 valence electrons. The number of carbonyl (C=O) groups is 2. The Morgan fingerprint density at radius 2 is 1.76 bits per heavy atom. The summed E-state index contributed by atoms with van der Waals surface area (Å²) in [7, 11) is 0. The van der Waals surface area contributed by atoms with Crippen molar-refractivity contribution in [2.45, 2.75) is 48.1 Å². The molecule has 0 aliphatic rings. The third-order valence-electron chi connectivity index (χ3n) is 5.04. The lowest BCUT2D eigenvalue weighted by Gasteiger charge is -2.16. The SMILES string of the molecule is CC(=O)c1c(C)cc(C)c(COC(=O)c2ccc(-n3nc(C)cc3C)nc2)c1C. The number of aromatic nitrogens is 3. The molecule has 0 fully saturated rings. The molecule has 3 rings (SSSR count). The highest BCUT2D eigenvalue weighted by molar-refractivity contribution is 5.97. The molecule has 2 aromatic heterocycles. The van der Waals surface area contributed by atoms with Crippen molar-refractivity contribution < 1.29 is 14.3 Å². The summed E-state index contributed by atoms with van der Waals surface area (Å²) in [5, 5.41) is 4.39. The van der Waals surface area contributed by atoms with E-state index in [9.17, 15) is 9.59 Å². The van der Waals surface area contributed by atoms with Gasteiger partial charge in [0.2, 0.25) is 0 Å². The number of hydrogen-bond donors (Lipinski definition) is 0. The lowest BCUT2D eigenvalue weighted by Crippen LogP contribution is -2.11. The third kappa shape index (κ3) is 4.11. The Labute approximate surface area is 170 Å². The lowest BCUT2D eigenvalue weighted by atomic mass is 9.92. The highest BCUT2D eigenvalue weighted by Crippen LogP contribution is 2.24. The fraction of sp³-hybridized carbons (Fsp3) is 0.304. The van der Waals surface area contributed by atoms with Gasteiger partial charge in [-0.2, -0.15) is 5.10 Å². The van der Waals surface area contributed by atoms with Gasteiger partial charge >= 0.3 is 5.97 Å². The van der Waals surface area contributed by atoms with Crippen molar-refractivity contribution >= 4 is 11.8 Å². The number of rotatable bonds is 5. The molecule has 0 saturated heterocycles. The van der Waals surface area contributed by atoms with Gasteiger partial charge in [0.25, 0.3) is 0 Å². The number of Topliss-reactive ketones (excluding diaryl/α,β-unsaturated/α-hetero) is 1. The van der Waals surface area contributed by atoms with Gasteiger partial charge in [0.15, 0.2) is 11.6 Å². The maximum atomic E-state index is 12.5. The van der Waals surface area contributed by atoms with E-state index in [0.717, 1.165) is 33.6 Å². The summed E-state index contributed by atoms with van der Waals surface area (Å²) >= 11 is 0. The zero-order valence-electron chi connectivity index (χ0n) is 17.7. The number of hydrogen-bond acceptors (Lipinski definition) is 5. The number of benzene rings is 1. The molecule has 0 N–H and O–H groups in total. The zero-order chi connectivity index (χ0) is 21.3. The topological polar surface area (TPSA) is 74.1 Å². The summed E-state index contributed by atoms with van der Waals surface area (Å²) in [6.07, 6.45) is 1.49. The largest absolute Gasteiger partial charge is 0.457 e. The fourth-order valence-electron chi connectivity index (χ4n) is 3.70. The summed E-state index contributed by atoms with van der Waals surface area (Å²) in [6, 6.07) is 7.34. The van der Waals surface area contributed by atoms with Gasteiger partial charge in [-0.1, -0.05) is 6.07 Å². The second kappa shape index (κ2) is 7.99. The smallest absolute Gasteiger partial charge is 0.340 e. The molecule has 29 heavy (non-hydrogen) atoms. The molecule has 0 radical (unpaired) electrons. The highest BCUT2D eigenvalue weighted by atomic mass is 16.5. The molecule has 0 aliphatic carbocycles. The van der Waals surface area contributed by atoms with E-state index in [1.165, 1.54) is 6.20 Å². The van der Waals surface area contributed by atoms with Gasteiger partial charge in [-0.3, -0.25) is 4.79 Å². The van der Waals surface area contributed by atoms with Crippen molar-refractivity contribution in [1.82, 2.24) is 14.8 Å². The molecule has 1 aromatic carbocycles. The number of aryl methyl sites for hydroxylation is 4. The van der Waals surface area contributed by atoms with E-state index in [0.29, 0.717) is 16.9 Å². The lowest BCUT2D eigenvalue weighted by molar-refractivity contribution is 0.0471. The first-order valence-electron chi connectivity index (χ1n) is 9.46.